The Balaban J connectivity index is 1.94. The topological polar surface area (TPSA) is 37.4 Å². The lowest BCUT2D eigenvalue weighted by molar-refractivity contribution is -0.0704. The van der Waals surface area contributed by atoms with Crippen molar-refractivity contribution >= 4 is 5.82 Å². The maximum atomic E-state index is 5.76. The molecule has 0 aromatic carbocycles. The minimum Gasteiger partial charge on any atom is -0.373 e. The molecule has 0 radical (unpaired) electrons. The number of ether oxygens (including phenoxy) is 1. The minimum atomic E-state index is 0.322. The van der Waals surface area contributed by atoms with Gasteiger partial charge in [-0.05, 0) is 38.0 Å². The first kappa shape index (κ1) is 14.3. The molecule has 0 spiro atoms. The van der Waals surface area contributed by atoms with Crippen LogP contribution in [0.4, 0.5) is 5.82 Å². The molecule has 0 bridgehead atoms. The molecular formula is C15H25N3O. The Hall–Kier alpha value is -1.13. The Kier molecular flexibility index (Phi) is 5.16. The van der Waals surface area contributed by atoms with E-state index in [0.717, 1.165) is 38.4 Å². The van der Waals surface area contributed by atoms with Gasteiger partial charge >= 0.3 is 0 Å². The van der Waals surface area contributed by atoms with Gasteiger partial charge in [-0.15, -0.1) is 0 Å². The van der Waals surface area contributed by atoms with Crippen LogP contribution < -0.4 is 5.32 Å². The van der Waals surface area contributed by atoms with E-state index in [9.17, 15) is 0 Å². The van der Waals surface area contributed by atoms with E-state index in [1.807, 2.05) is 6.20 Å². The molecule has 0 amide bonds. The molecule has 1 saturated heterocycles. The summed E-state index contributed by atoms with van der Waals surface area (Å²) in [6, 6.07) is 4.25. The van der Waals surface area contributed by atoms with Crippen LogP contribution in [0.1, 0.15) is 32.8 Å². The second-order valence-corrected chi connectivity index (χ2v) is 5.43. The van der Waals surface area contributed by atoms with E-state index in [2.05, 4.69) is 48.1 Å². The number of morpholine rings is 1. The largest absolute Gasteiger partial charge is 0.373 e. The number of anilines is 1. The maximum Gasteiger partial charge on any atom is 0.126 e. The SMILES string of the molecule is CCCNc1cc(CN2C[C@@H](C)O[C@@H](C)C2)ccn1. The van der Waals surface area contributed by atoms with Crippen molar-refractivity contribution < 1.29 is 4.74 Å². The van der Waals surface area contributed by atoms with Crippen molar-refractivity contribution in [2.45, 2.75) is 45.9 Å². The Labute approximate surface area is 116 Å². The minimum absolute atomic E-state index is 0.322. The Bertz CT molecular complexity index is 387. The first-order chi connectivity index (χ1) is 9.17. The average molecular weight is 263 g/mol. The molecule has 106 valence electrons. The number of rotatable bonds is 5. The van der Waals surface area contributed by atoms with E-state index in [1.165, 1.54) is 5.56 Å². The van der Waals surface area contributed by atoms with Gasteiger partial charge in [0.05, 0.1) is 12.2 Å². The molecule has 1 aromatic heterocycles. The van der Waals surface area contributed by atoms with Gasteiger partial charge < -0.3 is 10.1 Å². The van der Waals surface area contributed by atoms with E-state index in [4.69, 9.17) is 4.74 Å². The zero-order valence-corrected chi connectivity index (χ0v) is 12.2. The van der Waals surface area contributed by atoms with Gasteiger partial charge in [-0.25, -0.2) is 4.98 Å². The van der Waals surface area contributed by atoms with Crippen LogP contribution in [0.2, 0.25) is 0 Å². The van der Waals surface area contributed by atoms with Crippen molar-refractivity contribution in [3.63, 3.8) is 0 Å². The molecule has 1 fully saturated rings. The molecule has 1 N–H and O–H groups in total. The van der Waals surface area contributed by atoms with E-state index in [1.54, 1.807) is 0 Å². The highest BCUT2D eigenvalue weighted by Crippen LogP contribution is 2.15. The molecule has 4 heteroatoms. The predicted octanol–water partition coefficient (Wildman–Crippen LogP) is 2.51. The van der Waals surface area contributed by atoms with E-state index < -0.39 is 0 Å². The summed E-state index contributed by atoms with van der Waals surface area (Å²) in [6.07, 6.45) is 3.65. The van der Waals surface area contributed by atoms with Crippen molar-refractivity contribution in [1.29, 1.82) is 0 Å². The molecule has 1 aromatic rings. The highest BCUT2D eigenvalue weighted by molar-refractivity contribution is 5.37. The molecular weight excluding hydrogens is 238 g/mol. The van der Waals surface area contributed by atoms with Crippen LogP contribution in [0.15, 0.2) is 18.3 Å². The first-order valence-corrected chi connectivity index (χ1v) is 7.24. The van der Waals surface area contributed by atoms with Gasteiger partial charge in [0.15, 0.2) is 0 Å². The van der Waals surface area contributed by atoms with Gasteiger partial charge in [-0.2, -0.15) is 0 Å². The monoisotopic (exact) mass is 263 g/mol. The Morgan fingerprint density at radius 1 is 1.37 bits per heavy atom. The third kappa shape index (κ3) is 4.48. The smallest absolute Gasteiger partial charge is 0.126 e. The summed E-state index contributed by atoms with van der Waals surface area (Å²) in [7, 11) is 0. The standard InChI is InChI=1S/C15H25N3O/c1-4-6-16-15-8-14(5-7-17-15)11-18-9-12(2)19-13(3)10-18/h5,7-8,12-13H,4,6,9-11H2,1-3H3,(H,16,17)/t12-,13+. The first-order valence-electron chi connectivity index (χ1n) is 7.24. The Morgan fingerprint density at radius 3 is 2.79 bits per heavy atom. The molecule has 2 heterocycles. The zero-order chi connectivity index (χ0) is 13.7. The number of aromatic nitrogens is 1. The fourth-order valence-corrected chi connectivity index (χ4v) is 2.59. The predicted molar refractivity (Wildman–Crippen MR) is 78.3 cm³/mol. The molecule has 0 aliphatic carbocycles. The Morgan fingerprint density at radius 2 is 2.11 bits per heavy atom. The molecule has 1 aliphatic rings. The summed E-state index contributed by atoms with van der Waals surface area (Å²) in [5.41, 5.74) is 1.31. The van der Waals surface area contributed by atoms with E-state index >= 15 is 0 Å². The molecule has 2 rings (SSSR count). The normalized spacial score (nSPS) is 24.4. The lowest BCUT2D eigenvalue weighted by Gasteiger charge is -2.35. The lowest BCUT2D eigenvalue weighted by Crippen LogP contribution is -2.44. The van der Waals surface area contributed by atoms with Crippen molar-refractivity contribution in [3.8, 4) is 0 Å². The number of hydrogen-bond acceptors (Lipinski definition) is 4. The van der Waals surface area contributed by atoms with Crippen LogP contribution >= 0.6 is 0 Å². The summed E-state index contributed by atoms with van der Waals surface area (Å²) in [5, 5.41) is 3.34. The summed E-state index contributed by atoms with van der Waals surface area (Å²) in [5.74, 6) is 0.980. The van der Waals surface area contributed by atoms with E-state index in [-0.39, 0.29) is 0 Å². The van der Waals surface area contributed by atoms with Crippen LogP contribution in [0.3, 0.4) is 0 Å². The van der Waals surface area contributed by atoms with Gasteiger partial charge in [0, 0.05) is 32.4 Å². The zero-order valence-electron chi connectivity index (χ0n) is 12.2. The van der Waals surface area contributed by atoms with Gasteiger partial charge in [0.1, 0.15) is 5.82 Å². The van der Waals surface area contributed by atoms with Gasteiger partial charge in [-0.3, -0.25) is 4.90 Å². The second kappa shape index (κ2) is 6.87. The number of nitrogens with one attached hydrogen (secondary N) is 1. The average Bonchev–Trinajstić information content (AvgIpc) is 2.35. The van der Waals surface area contributed by atoms with Gasteiger partial charge in [0.2, 0.25) is 0 Å². The summed E-state index contributed by atoms with van der Waals surface area (Å²) in [4.78, 5) is 6.80. The summed E-state index contributed by atoms with van der Waals surface area (Å²) in [6.45, 7) is 10.4. The number of hydrogen-bond donors (Lipinski definition) is 1. The highest BCUT2D eigenvalue weighted by atomic mass is 16.5. The van der Waals surface area contributed by atoms with Crippen LogP contribution in [0.25, 0.3) is 0 Å². The second-order valence-electron chi connectivity index (χ2n) is 5.43. The third-order valence-corrected chi connectivity index (χ3v) is 3.28. The van der Waals surface area contributed by atoms with Crippen molar-refractivity contribution in [2.24, 2.45) is 0 Å². The van der Waals surface area contributed by atoms with Crippen LogP contribution in [-0.4, -0.2) is 41.7 Å². The van der Waals surface area contributed by atoms with Crippen LogP contribution in [0, 0.1) is 0 Å². The van der Waals surface area contributed by atoms with Crippen molar-refractivity contribution in [3.05, 3.63) is 23.9 Å². The number of pyridine rings is 1. The fraction of sp³-hybridized carbons (Fsp3) is 0.667. The molecule has 0 unspecified atom stereocenters. The van der Waals surface area contributed by atoms with Gasteiger partial charge in [-0.1, -0.05) is 6.92 Å². The lowest BCUT2D eigenvalue weighted by atomic mass is 10.2. The summed E-state index contributed by atoms with van der Waals surface area (Å²) >= 11 is 0. The molecule has 0 saturated carbocycles. The fourth-order valence-electron chi connectivity index (χ4n) is 2.59. The summed E-state index contributed by atoms with van der Waals surface area (Å²) < 4.78 is 5.76. The van der Waals surface area contributed by atoms with Gasteiger partial charge in [0.25, 0.3) is 0 Å². The molecule has 1 aliphatic heterocycles. The van der Waals surface area contributed by atoms with Crippen molar-refractivity contribution in [1.82, 2.24) is 9.88 Å². The quantitative estimate of drug-likeness (QED) is 0.885. The molecule has 4 nitrogen and oxygen atoms in total. The third-order valence-electron chi connectivity index (χ3n) is 3.28. The number of nitrogens with zero attached hydrogens (tertiary/aromatic N) is 2. The van der Waals surface area contributed by atoms with Crippen LogP contribution in [-0.2, 0) is 11.3 Å². The van der Waals surface area contributed by atoms with E-state index in [0.29, 0.717) is 12.2 Å². The maximum absolute atomic E-state index is 5.76. The highest BCUT2D eigenvalue weighted by Gasteiger charge is 2.21. The van der Waals surface area contributed by atoms with Crippen molar-refractivity contribution in [2.75, 3.05) is 25.0 Å². The molecule has 19 heavy (non-hydrogen) atoms. The molecule has 2 atom stereocenters. The van der Waals surface area contributed by atoms with Crippen LogP contribution in [0.5, 0.6) is 0 Å².